The molecule has 0 aliphatic rings. The van der Waals surface area contributed by atoms with Crippen LogP contribution in [0.5, 0.6) is 0 Å². The second-order valence-corrected chi connectivity index (χ2v) is 7.28. The van der Waals surface area contributed by atoms with Crippen molar-refractivity contribution in [1.82, 2.24) is 19.8 Å². The van der Waals surface area contributed by atoms with Crippen molar-refractivity contribution in [2.24, 2.45) is 0 Å². The van der Waals surface area contributed by atoms with Crippen LogP contribution in [0.15, 0.2) is 59.8 Å². The lowest BCUT2D eigenvalue weighted by atomic mass is 10.2. The Labute approximate surface area is 149 Å². The number of nitrogens with zero attached hydrogens (tertiary/aromatic N) is 2. The monoisotopic (exact) mass is 372 g/mol. The Balaban J connectivity index is 1.65. The minimum Gasteiger partial charge on any atom is -0.321 e. The van der Waals surface area contributed by atoms with Gasteiger partial charge in [-0.15, -0.1) is 4.83 Å². The van der Waals surface area contributed by atoms with E-state index in [9.17, 15) is 18.0 Å². The molecule has 0 radical (unpaired) electrons. The molecule has 2 aromatic carbocycles. The number of imidazole rings is 1. The molecule has 9 heteroatoms. The van der Waals surface area contributed by atoms with E-state index in [0.29, 0.717) is 5.56 Å². The molecule has 26 heavy (non-hydrogen) atoms. The number of rotatable bonds is 6. The number of aromatic nitrogens is 2. The average Bonchev–Trinajstić information content (AvgIpc) is 3.03. The lowest BCUT2D eigenvalue weighted by molar-refractivity contribution is -0.122. The number of Topliss-reactive ketones (excluding diaryl/α,β-unsaturated/α-hetero) is 1. The molecule has 0 fully saturated rings. The van der Waals surface area contributed by atoms with Crippen molar-refractivity contribution in [2.75, 3.05) is 0 Å². The highest BCUT2D eigenvalue weighted by Gasteiger charge is 2.16. The Bertz CT molecular complexity index is 1070. The van der Waals surface area contributed by atoms with Gasteiger partial charge in [0.25, 0.3) is 15.9 Å². The molecule has 134 valence electrons. The van der Waals surface area contributed by atoms with Crippen molar-refractivity contribution >= 4 is 32.7 Å². The maximum Gasteiger partial charge on any atom is 0.257 e. The Morgan fingerprint density at radius 3 is 2.46 bits per heavy atom. The molecule has 1 heterocycles. The fourth-order valence-electron chi connectivity index (χ4n) is 2.38. The van der Waals surface area contributed by atoms with E-state index in [-0.39, 0.29) is 17.2 Å². The first-order chi connectivity index (χ1) is 12.4. The van der Waals surface area contributed by atoms with Crippen molar-refractivity contribution in [3.05, 3.63) is 60.4 Å². The maximum absolute atomic E-state index is 12.2. The van der Waals surface area contributed by atoms with Crippen molar-refractivity contribution < 1.29 is 18.0 Å². The molecular weight excluding hydrogens is 356 g/mol. The fourth-order valence-corrected chi connectivity index (χ4v) is 3.24. The van der Waals surface area contributed by atoms with Crippen LogP contribution in [-0.4, -0.2) is 29.7 Å². The van der Waals surface area contributed by atoms with E-state index in [1.54, 1.807) is 4.57 Å². The molecule has 0 unspecified atom stereocenters. The zero-order chi connectivity index (χ0) is 18.7. The molecular formula is C17H16N4O4S. The number of ketones is 1. The SMILES string of the molecule is CC(=O)c1ccc(S(=O)(=O)NNC(=O)Cn2cnc3ccccc32)cc1. The predicted octanol–water partition coefficient (Wildman–Crippen LogP) is 1.25. The van der Waals surface area contributed by atoms with Crippen LogP contribution in [0.4, 0.5) is 0 Å². The van der Waals surface area contributed by atoms with Gasteiger partial charge in [-0.2, -0.15) is 0 Å². The van der Waals surface area contributed by atoms with Gasteiger partial charge < -0.3 is 4.57 Å². The number of hydrogen-bond acceptors (Lipinski definition) is 5. The van der Waals surface area contributed by atoms with Crippen LogP contribution in [0.1, 0.15) is 17.3 Å². The number of carbonyl (C=O) groups excluding carboxylic acids is 2. The molecule has 0 bridgehead atoms. The molecule has 1 aromatic heterocycles. The average molecular weight is 372 g/mol. The quantitative estimate of drug-likeness (QED) is 0.500. The summed E-state index contributed by atoms with van der Waals surface area (Å²) in [6, 6.07) is 12.7. The van der Waals surface area contributed by atoms with Crippen LogP contribution in [0.3, 0.4) is 0 Å². The number of hydrogen-bond donors (Lipinski definition) is 2. The van der Waals surface area contributed by atoms with E-state index in [1.165, 1.54) is 37.5 Å². The van der Waals surface area contributed by atoms with Gasteiger partial charge in [-0.1, -0.05) is 24.3 Å². The summed E-state index contributed by atoms with van der Waals surface area (Å²) in [6.07, 6.45) is 1.51. The highest BCUT2D eigenvalue weighted by molar-refractivity contribution is 7.89. The summed E-state index contributed by atoms with van der Waals surface area (Å²) in [5.74, 6) is -0.708. The van der Waals surface area contributed by atoms with Gasteiger partial charge >= 0.3 is 0 Å². The van der Waals surface area contributed by atoms with Crippen LogP contribution >= 0.6 is 0 Å². The van der Waals surface area contributed by atoms with Gasteiger partial charge in [0.05, 0.1) is 22.3 Å². The van der Waals surface area contributed by atoms with Crippen molar-refractivity contribution in [1.29, 1.82) is 0 Å². The smallest absolute Gasteiger partial charge is 0.257 e. The van der Waals surface area contributed by atoms with Crippen LogP contribution < -0.4 is 10.3 Å². The zero-order valence-electron chi connectivity index (χ0n) is 13.8. The second-order valence-electron chi connectivity index (χ2n) is 5.60. The molecule has 3 rings (SSSR count). The second kappa shape index (κ2) is 7.06. The first-order valence-corrected chi connectivity index (χ1v) is 9.17. The fraction of sp³-hybridized carbons (Fsp3) is 0.118. The van der Waals surface area contributed by atoms with E-state index in [2.05, 4.69) is 10.4 Å². The number of nitrogens with one attached hydrogen (secondary N) is 2. The van der Waals surface area contributed by atoms with E-state index in [4.69, 9.17) is 0 Å². The van der Waals surface area contributed by atoms with Gasteiger partial charge in [0, 0.05) is 5.56 Å². The third-order valence-electron chi connectivity index (χ3n) is 3.74. The number of carbonyl (C=O) groups is 2. The van der Waals surface area contributed by atoms with Gasteiger partial charge in [-0.3, -0.25) is 15.0 Å². The number of amides is 1. The van der Waals surface area contributed by atoms with Gasteiger partial charge in [0.15, 0.2) is 5.78 Å². The number of para-hydroxylation sites is 2. The molecule has 0 saturated heterocycles. The van der Waals surface area contributed by atoms with Gasteiger partial charge in [0.2, 0.25) is 0 Å². The molecule has 0 atom stereocenters. The summed E-state index contributed by atoms with van der Waals surface area (Å²) in [6.45, 7) is 1.30. The lowest BCUT2D eigenvalue weighted by Gasteiger charge is -2.09. The Morgan fingerprint density at radius 1 is 1.08 bits per heavy atom. The van der Waals surface area contributed by atoms with Crippen LogP contribution in [-0.2, 0) is 21.4 Å². The van der Waals surface area contributed by atoms with Crippen molar-refractivity contribution in [2.45, 2.75) is 18.4 Å². The van der Waals surface area contributed by atoms with E-state index < -0.39 is 15.9 Å². The third kappa shape index (κ3) is 3.79. The Morgan fingerprint density at radius 2 is 1.77 bits per heavy atom. The normalized spacial score (nSPS) is 11.4. The third-order valence-corrected chi connectivity index (χ3v) is 5.00. The van der Waals surface area contributed by atoms with Crippen molar-refractivity contribution in [3.8, 4) is 0 Å². The molecule has 0 aliphatic carbocycles. The van der Waals surface area contributed by atoms with Gasteiger partial charge in [-0.05, 0) is 31.2 Å². The number of sulfonamides is 1. The molecule has 0 saturated carbocycles. The summed E-state index contributed by atoms with van der Waals surface area (Å²) in [5, 5.41) is 0. The minimum atomic E-state index is -3.94. The maximum atomic E-state index is 12.2. The van der Waals surface area contributed by atoms with Gasteiger partial charge in [-0.25, -0.2) is 13.4 Å². The molecule has 8 nitrogen and oxygen atoms in total. The molecule has 1 amide bonds. The standard InChI is InChI=1S/C17H16N4O4S/c1-12(22)13-6-8-14(9-7-13)26(24,25)20-19-17(23)10-21-11-18-15-4-2-3-5-16(15)21/h2-9,11,20H,10H2,1H3,(H,19,23). The summed E-state index contributed by atoms with van der Waals surface area (Å²) >= 11 is 0. The van der Waals surface area contributed by atoms with Gasteiger partial charge in [0.1, 0.15) is 6.54 Å². The summed E-state index contributed by atoms with van der Waals surface area (Å²) in [4.78, 5) is 29.4. The first-order valence-electron chi connectivity index (χ1n) is 7.68. The number of benzene rings is 2. The van der Waals surface area contributed by atoms with E-state index in [1.807, 2.05) is 29.1 Å². The van der Waals surface area contributed by atoms with E-state index >= 15 is 0 Å². The topological polar surface area (TPSA) is 110 Å². The molecule has 0 aliphatic heterocycles. The zero-order valence-corrected chi connectivity index (χ0v) is 14.7. The summed E-state index contributed by atoms with van der Waals surface area (Å²) in [7, 11) is -3.94. The Kier molecular flexibility index (Phi) is 4.83. The highest BCUT2D eigenvalue weighted by atomic mass is 32.2. The van der Waals surface area contributed by atoms with Crippen molar-refractivity contribution in [3.63, 3.8) is 0 Å². The van der Waals surface area contributed by atoms with Crippen LogP contribution in [0.2, 0.25) is 0 Å². The predicted molar refractivity (Wildman–Crippen MR) is 94.6 cm³/mol. The minimum absolute atomic E-state index is 0.0594. The van der Waals surface area contributed by atoms with Crippen LogP contribution in [0, 0.1) is 0 Å². The molecule has 3 aromatic rings. The van der Waals surface area contributed by atoms with E-state index in [0.717, 1.165) is 11.0 Å². The highest BCUT2D eigenvalue weighted by Crippen LogP contribution is 2.12. The largest absolute Gasteiger partial charge is 0.321 e. The summed E-state index contributed by atoms with van der Waals surface area (Å²) in [5.41, 5.74) is 4.08. The number of hydrazine groups is 1. The Hall–Kier alpha value is -3.04. The number of fused-ring (bicyclic) bond motifs is 1. The molecule has 2 N–H and O–H groups in total. The summed E-state index contributed by atoms with van der Waals surface area (Å²) < 4.78 is 26.0. The molecule has 0 spiro atoms. The first kappa shape index (κ1) is 17.8. The lowest BCUT2D eigenvalue weighted by Crippen LogP contribution is -2.43. The van der Waals surface area contributed by atoms with Crippen LogP contribution in [0.25, 0.3) is 11.0 Å².